The molecule has 0 radical (unpaired) electrons. The second-order valence-corrected chi connectivity index (χ2v) is 7.63. The second-order valence-electron chi connectivity index (χ2n) is 7.63. The number of likely N-dealkylation sites (N-methyl/N-ethyl adjacent to an activating group) is 1. The van der Waals surface area contributed by atoms with Crippen molar-refractivity contribution in [2.75, 3.05) is 35.6 Å². The van der Waals surface area contributed by atoms with E-state index in [0.29, 0.717) is 17.8 Å². The number of carboxylic acids is 1. The molecule has 9 nitrogen and oxygen atoms in total. The van der Waals surface area contributed by atoms with Crippen molar-refractivity contribution in [3.63, 3.8) is 0 Å². The molecular weight excluding hydrogens is 334 g/mol. The highest BCUT2D eigenvalue weighted by Crippen LogP contribution is 2.28. The molecule has 1 saturated carbocycles. The maximum atomic E-state index is 10.9. The number of aromatic nitrogens is 3. The second kappa shape index (κ2) is 8.48. The van der Waals surface area contributed by atoms with E-state index in [1.165, 1.54) is 0 Å². The van der Waals surface area contributed by atoms with Crippen LogP contribution in [0.2, 0.25) is 0 Å². The third kappa shape index (κ3) is 5.98. The van der Waals surface area contributed by atoms with Crippen LogP contribution in [0.25, 0.3) is 0 Å². The van der Waals surface area contributed by atoms with Crippen LogP contribution in [-0.4, -0.2) is 68.2 Å². The molecule has 146 valence electrons. The van der Waals surface area contributed by atoms with Crippen molar-refractivity contribution in [3.8, 4) is 0 Å². The van der Waals surface area contributed by atoms with Crippen molar-refractivity contribution in [2.45, 2.75) is 65.1 Å². The fraction of sp³-hybridized carbons (Fsp3) is 0.765. The minimum atomic E-state index is -0.783. The number of hydrogen-bond donors (Lipinski definition) is 4. The summed E-state index contributed by atoms with van der Waals surface area (Å²) in [4.78, 5) is 26.2. The number of rotatable bonds is 9. The molecule has 0 spiro atoms. The van der Waals surface area contributed by atoms with Crippen molar-refractivity contribution in [3.05, 3.63) is 0 Å². The summed E-state index contributed by atoms with van der Waals surface area (Å²) in [5.74, 6) is 0.818. The Bertz CT molecular complexity index is 612. The summed E-state index contributed by atoms with van der Waals surface area (Å²) in [7, 11) is 0. The third-order valence-corrected chi connectivity index (χ3v) is 4.16. The number of hydrogen-bond acceptors (Lipinski definition) is 8. The first-order valence-electron chi connectivity index (χ1n) is 9.20. The Hall–Kier alpha value is -2.16. The Morgan fingerprint density at radius 2 is 1.77 bits per heavy atom. The smallest absolute Gasteiger partial charge is 0.317 e. The van der Waals surface area contributed by atoms with Crippen LogP contribution in [0.15, 0.2) is 0 Å². The van der Waals surface area contributed by atoms with Gasteiger partial charge in [0.2, 0.25) is 17.8 Å². The number of carbonyl (C=O) groups is 1. The third-order valence-electron chi connectivity index (χ3n) is 4.16. The van der Waals surface area contributed by atoms with Crippen molar-refractivity contribution in [2.24, 2.45) is 0 Å². The van der Waals surface area contributed by atoms with Gasteiger partial charge in [-0.15, -0.1) is 0 Å². The fourth-order valence-electron chi connectivity index (χ4n) is 2.93. The van der Waals surface area contributed by atoms with E-state index in [1.807, 2.05) is 18.7 Å². The molecule has 0 aliphatic heterocycles. The Morgan fingerprint density at radius 1 is 1.15 bits per heavy atom. The Labute approximate surface area is 155 Å². The predicted molar refractivity (Wildman–Crippen MR) is 103 cm³/mol. The van der Waals surface area contributed by atoms with E-state index >= 15 is 0 Å². The molecule has 0 aromatic carbocycles. The average Bonchev–Trinajstić information content (AvgIpc) is 2.46. The molecule has 9 heteroatoms. The van der Waals surface area contributed by atoms with E-state index in [-0.39, 0.29) is 24.2 Å². The number of anilines is 3. The highest BCUT2D eigenvalue weighted by molar-refractivity contribution is 5.69. The zero-order valence-corrected chi connectivity index (χ0v) is 16.3. The van der Waals surface area contributed by atoms with Gasteiger partial charge in [-0.25, -0.2) is 0 Å². The molecule has 4 N–H and O–H groups in total. The molecule has 2 rings (SSSR count). The molecule has 0 saturated heterocycles. The minimum Gasteiger partial charge on any atom is -0.480 e. The average molecular weight is 365 g/mol. The van der Waals surface area contributed by atoms with E-state index in [4.69, 9.17) is 5.11 Å². The predicted octanol–water partition coefficient (Wildman–Crippen LogP) is 1.86. The first-order chi connectivity index (χ1) is 12.2. The molecule has 1 aliphatic carbocycles. The fourth-order valence-corrected chi connectivity index (χ4v) is 2.93. The molecule has 0 atom stereocenters. The van der Waals surface area contributed by atoms with Crippen LogP contribution in [0, 0.1) is 0 Å². The lowest BCUT2D eigenvalue weighted by atomic mass is 9.85. The molecule has 0 amide bonds. The van der Waals surface area contributed by atoms with Gasteiger partial charge in [-0.3, -0.25) is 9.69 Å². The summed E-state index contributed by atoms with van der Waals surface area (Å²) < 4.78 is 0. The van der Waals surface area contributed by atoms with Gasteiger partial charge in [0.1, 0.15) is 0 Å². The van der Waals surface area contributed by atoms with E-state index in [2.05, 4.69) is 51.7 Å². The SMILES string of the molecule is CCNc1nc(NC2CC(N(CC)CC(=O)O)C2)nc(NC(C)(C)C)n1. The lowest BCUT2D eigenvalue weighted by Crippen LogP contribution is -2.51. The zero-order chi connectivity index (χ0) is 19.3. The van der Waals surface area contributed by atoms with E-state index in [9.17, 15) is 4.79 Å². The van der Waals surface area contributed by atoms with Crippen molar-refractivity contribution in [1.29, 1.82) is 0 Å². The van der Waals surface area contributed by atoms with Gasteiger partial charge in [0.25, 0.3) is 0 Å². The van der Waals surface area contributed by atoms with E-state index in [0.717, 1.165) is 25.9 Å². The van der Waals surface area contributed by atoms with Crippen LogP contribution in [0.1, 0.15) is 47.5 Å². The van der Waals surface area contributed by atoms with Gasteiger partial charge in [0.05, 0.1) is 6.54 Å². The Kier molecular flexibility index (Phi) is 6.57. The standard InChI is InChI=1S/C17H31N7O2/c1-6-18-14-20-15(22-16(21-14)23-17(3,4)5)19-11-8-12(9-11)24(7-2)10-13(25)26/h11-12H,6-10H2,1-5H3,(H,25,26)(H3,18,19,20,21,22,23). The quantitative estimate of drug-likeness (QED) is 0.520. The monoisotopic (exact) mass is 365 g/mol. The summed E-state index contributed by atoms with van der Waals surface area (Å²) in [6, 6.07) is 0.526. The first-order valence-corrected chi connectivity index (χ1v) is 9.20. The molecular formula is C17H31N7O2. The lowest BCUT2D eigenvalue weighted by Gasteiger charge is -2.42. The molecule has 26 heavy (non-hydrogen) atoms. The van der Waals surface area contributed by atoms with Crippen LogP contribution in [-0.2, 0) is 4.79 Å². The number of nitrogens with one attached hydrogen (secondary N) is 3. The topological polar surface area (TPSA) is 115 Å². The number of aliphatic carboxylic acids is 1. The molecule has 1 aliphatic rings. The van der Waals surface area contributed by atoms with Gasteiger partial charge in [0, 0.05) is 24.2 Å². The maximum absolute atomic E-state index is 10.9. The van der Waals surface area contributed by atoms with Gasteiger partial charge in [-0.2, -0.15) is 15.0 Å². The van der Waals surface area contributed by atoms with Crippen LogP contribution in [0.3, 0.4) is 0 Å². The normalized spacial score (nSPS) is 19.8. The number of carboxylic acid groups (broad SMARTS) is 1. The summed E-state index contributed by atoms with van der Waals surface area (Å²) in [5, 5.41) is 18.7. The van der Waals surface area contributed by atoms with Crippen LogP contribution in [0.5, 0.6) is 0 Å². The minimum absolute atomic E-state index is 0.0872. The molecule has 1 aromatic heterocycles. The van der Waals surface area contributed by atoms with Gasteiger partial charge < -0.3 is 21.1 Å². The van der Waals surface area contributed by atoms with Crippen LogP contribution < -0.4 is 16.0 Å². The highest BCUT2D eigenvalue weighted by Gasteiger charge is 2.34. The summed E-state index contributed by atoms with van der Waals surface area (Å²) in [6.45, 7) is 11.7. The Morgan fingerprint density at radius 3 is 2.31 bits per heavy atom. The van der Waals surface area contributed by atoms with Crippen LogP contribution in [0.4, 0.5) is 17.8 Å². The largest absolute Gasteiger partial charge is 0.480 e. The van der Waals surface area contributed by atoms with E-state index < -0.39 is 5.97 Å². The van der Waals surface area contributed by atoms with Crippen molar-refractivity contribution in [1.82, 2.24) is 19.9 Å². The van der Waals surface area contributed by atoms with Gasteiger partial charge in [-0.05, 0) is 47.1 Å². The zero-order valence-electron chi connectivity index (χ0n) is 16.3. The first kappa shape index (κ1) is 20.2. The van der Waals surface area contributed by atoms with Gasteiger partial charge in [-0.1, -0.05) is 6.92 Å². The van der Waals surface area contributed by atoms with Gasteiger partial charge in [0.15, 0.2) is 0 Å². The highest BCUT2D eigenvalue weighted by atomic mass is 16.4. The molecule has 1 fully saturated rings. The lowest BCUT2D eigenvalue weighted by molar-refractivity contribution is -0.139. The molecule has 1 heterocycles. The maximum Gasteiger partial charge on any atom is 0.317 e. The van der Waals surface area contributed by atoms with Crippen molar-refractivity contribution < 1.29 is 9.90 Å². The Balaban J connectivity index is 2.00. The molecule has 0 bridgehead atoms. The summed E-state index contributed by atoms with van der Waals surface area (Å²) >= 11 is 0. The van der Waals surface area contributed by atoms with Gasteiger partial charge >= 0.3 is 5.97 Å². The summed E-state index contributed by atoms with van der Waals surface area (Å²) in [6.07, 6.45) is 1.76. The summed E-state index contributed by atoms with van der Waals surface area (Å²) in [5.41, 5.74) is -0.151. The van der Waals surface area contributed by atoms with Crippen molar-refractivity contribution >= 4 is 23.8 Å². The number of nitrogens with zero attached hydrogens (tertiary/aromatic N) is 4. The molecule has 1 aromatic rings. The van der Waals surface area contributed by atoms with Crippen LogP contribution >= 0.6 is 0 Å². The molecule has 0 unspecified atom stereocenters. The van der Waals surface area contributed by atoms with E-state index in [1.54, 1.807) is 0 Å².